The fourth-order valence-corrected chi connectivity index (χ4v) is 1.60. The van der Waals surface area contributed by atoms with Crippen molar-refractivity contribution in [3.8, 4) is 0 Å². The van der Waals surface area contributed by atoms with Crippen molar-refractivity contribution in [1.82, 2.24) is 15.2 Å². The van der Waals surface area contributed by atoms with E-state index < -0.39 is 5.97 Å². The van der Waals surface area contributed by atoms with Crippen LogP contribution in [0.1, 0.15) is 23.0 Å². The van der Waals surface area contributed by atoms with E-state index in [9.17, 15) is 9.59 Å². The van der Waals surface area contributed by atoms with Gasteiger partial charge in [-0.25, -0.2) is 4.79 Å². The van der Waals surface area contributed by atoms with Gasteiger partial charge in [0.2, 0.25) is 5.91 Å². The van der Waals surface area contributed by atoms with E-state index in [4.69, 9.17) is 0 Å². The van der Waals surface area contributed by atoms with Crippen LogP contribution in [0.2, 0.25) is 0 Å². The van der Waals surface area contributed by atoms with Crippen molar-refractivity contribution in [2.24, 2.45) is 0 Å². The average Bonchev–Trinajstić information content (AvgIpc) is 2.43. The third-order valence-electron chi connectivity index (χ3n) is 2.68. The molecule has 104 valence electrons. The summed E-state index contributed by atoms with van der Waals surface area (Å²) in [4.78, 5) is 28.9. The molecule has 6 heteroatoms. The third-order valence-corrected chi connectivity index (χ3v) is 2.68. The maximum Gasteiger partial charge on any atom is 0.339 e. The molecule has 0 bridgehead atoms. The topological polar surface area (TPSA) is 71.5 Å². The number of hydrogen-bond donors (Lipinski definition) is 1. The number of methoxy groups -OCH3 is 1. The number of amides is 1. The predicted molar refractivity (Wildman–Crippen MR) is 70.6 cm³/mol. The summed E-state index contributed by atoms with van der Waals surface area (Å²) in [5, 5.41) is 3.04. The van der Waals surface area contributed by atoms with Crippen molar-refractivity contribution in [2.75, 3.05) is 21.2 Å². The normalized spacial score (nSPS) is 11.8. The molecule has 0 spiro atoms. The van der Waals surface area contributed by atoms with Crippen molar-refractivity contribution in [3.63, 3.8) is 0 Å². The molecule has 1 atom stereocenters. The number of likely N-dealkylation sites (N-methyl/N-ethyl adjacent to an activating group) is 1. The first-order valence-electron chi connectivity index (χ1n) is 5.94. The van der Waals surface area contributed by atoms with Crippen LogP contribution in [0.15, 0.2) is 18.3 Å². The molecular formula is C13H19N3O3. The van der Waals surface area contributed by atoms with Crippen molar-refractivity contribution >= 4 is 11.9 Å². The second-order valence-electron chi connectivity index (χ2n) is 4.32. The molecule has 0 aliphatic heterocycles. The summed E-state index contributed by atoms with van der Waals surface area (Å²) in [6.07, 6.45) is 1.60. The van der Waals surface area contributed by atoms with Crippen molar-refractivity contribution in [2.45, 2.75) is 19.5 Å². The Kier molecular flexibility index (Phi) is 5.44. The second-order valence-corrected chi connectivity index (χ2v) is 4.32. The smallest absolute Gasteiger partial charge is 0.339 e. The summed E-state index contributed by atoms with van der Waals surface area (Å²) in [5.41, 5.74) is 0.967. The van der Waals surface area contributed by atoms with Crippen LogP contribution >= 0.6 is 0 Å². The highest BCUT2D eigenvalue weighted by atomic mass is 16.5. The zero-order valence-electron chi connectivity index (χ0n) is 11.6. The van der Waals surface area contributed by atoms with Gasteiger partial charge in [0.1, 0.15) is 0 Å². The van der Waals surface area contributed by atoms with E-state index in [2.05, 4.69) is 15.0 Å². The standard InChI is InChI=1S/C13H19N3O3/c1-9(12(17)16(2)3)15-8-11-10(13(18)19-4)6-5-7-14-11/h5-7,9,15H,8H2,1-4H3. The molecular weight excluding hydrogens is 246 g/mol. The maximum absolute atomic E-state index is 11.7. The van der Waals surface area contributed by atoms with Gasteiger partial charge in [-0.3, -0.25) is 9.78 Å². The van der Waals surface area contributed by atoms with Crippen LogP contribution in [0.3, 0.4) is 0 Å². The monoisotopic (exact) mass is 265 g/mol. The SMILES string of the molecule is COC(=O)c1cccnc1CNC(C)C(=O)N(C)C. The van der Waals surface area contributed by atoms with Gasteiger partial charge in [0.15, 0.2) is 0 Å². The molecule has 0 fully saturated rings. The third kappa shape index (κ3) is 4.03. The minimum Gasteiger partial charge on any atom is -0.465 e. The molecule has 1 rings (SSSR count). The lowest BCUT2D eigenvalue weighted by molar-refractivity contribution is -0.130. The van der Waals surface area contributed by atoms with E-state index in [-0.39, 0.29) is 11.9 Å². The second kappa shape index (κ2) is 6.84. The number of carbonyl (C=O) groups excluding carboxylic acids is 2. The van der Waals surface area contributed by atoms with Gasteiger partial charge in [-0.1, -0.05) is 0 Å². The quantitative estimate of drug-likeness (QED) is 0.782. The molecule has 1 heterocycles. The van der Waals surface area contributed by atoms with Crippen molar-refractivity contribution in [1.29, 1.82) is 0 Å². The molecule has 0 saturated carbocycles. The lowest BCUT2D eigenvalue weighted by Crippen LogP contribution is -2.41. The van der Waals surface area contributed by atoms with E-state index in [0.29, 0.717) is 17.8 Å². The highest BCUT2D eigenvalue weighted by molar-refractivity contribution is 5.90. The van der Waals surface area contributed by atoms with Gasteiger partial charge in [0.05, 0.1) is 24.4 Å². The van der Waals surface area contributed by atoms with Gasteiger partial charge in [0, 0.05) is 26.8 Å². The number of ether oxygens (including phenoxy) is 1. The van der Waals surface area contributed by atoms with E-state index in [0.717, 1.165) is 0 Å². The minimum atomic E-state index is -0.434. The average molecular weight is 265 g/mol. The van der Waals surface area contributed by atoms with E-state index in [1.165, 1.54) is 12.0 Å². The summed E-state index contributed by atoms with van der Waals surface area (Å²) >= 11 is 0. The van der Waals surface area contributed by atoms with Gasteiger partial charge in [-0.2, -0.15) is 0 Å². The van der Waals surface area contributed by atoms with E-state index >= 15 is 0 Å². The summed E-state index contributed by atoms with van der Waals surface area (Å²) in [5.74, 6) is -0.466. The Hall–Kier alpha value is -1.95. The van der Waals surface area contributed by atoms with E-state index in [1.54, 1.807) is 39.3 Å². The van der Waals surface area contributed by atoms with Crippen molar-refractivity contribution < 1.29 is 14.3 Å². The van der Waals surface area contributed by atoms with E-state index in [1.807, 2.05) is 0 Å². The molecule has 0 saturated heterocycles. The zero-order valence-corrected chi connectivity index (χ0v) is 11.6. The Morgan fingerprint density at radius 2 is 2.16 bits per heavy atom. The molecule has 0 radical (unpaired) electrons. The highest BCUT2D eigenvalue weighted by Crippen LogP contribution is 2.07. The number of hydrogen-bond acceptors (Lipinski definition) is 5. The number of nitrogens with one attached hydrogen (secondary N) is 1. The first kappa shape index (κ1) is 15.1. The Morgan fingerprint density at radius 1 is 1.47 bits per heavy atom. The number of aromatic nitrogens is 1. The Morgan fingerprint density at radius 3 is 2.74 bits per heavy atom. The van der Waals surface area contributed by atoms with Crippen LogP contribution in [-0.4, -0.2) is 49.0 Å². The van der Waals surface area contributed by atoms with Crippen LogP contribution in [0.5, 0.6) is 0 Å². The Bertz CT molecular complexity index is 460. The largest absolute Gasteiger partial charge is 0.465 e. The summed E-state index contributed by atoms with van der Waals surface area (Å²) < 4.78 is 4.69. The molecule has 1 amide bonds. The van der Waals surface area contributed by atoms with Gasteiger partial charge >= 0.3 is 5.97 Å². The Labute approximate surface area is 112 Å². The molecule has 19 heavy (non-hydrogen) atoms. The molecule has 1 N–H and O–H groups in total. The van der Waals surface area contributed by atoms with Crippen molar-refractivity contribution in [3.05, 3.63) is 29.6 Å². The molecule has 6 nitrogen and oxygen atoms in total. The first-order chi connectivity index (χ1) is 8.97. The number of rotatable bonds is 5. The summed E-state index contributed by atoms with van der Waals surface area (Å²) in [6.45, 7) is 2.09. The zero-order chi connectivity index (χ0) is 14.4. The predicted octanol–water partition coefficient (Wildman–Crippen LogP) is 0.434. The molecule has 0 aromatic carbocycles. The number of nitrogens with zero attached hydrogens (tertiary/aromatic N) is 2. The van der Waals surface area contributed by atoms with Crippen LogP contribution in [0.25, 0.3) is 0 Å². The van der Waals surface area contributed by atoms with Gasteiger partial charge < -0.3 is 15.0 Å². The summed E-state index contributed by atoms with van der Waals surface area (Å²) in [7, 11) is 4.72. The number of pyridine rings is 1. The van der Waals surface area contributed by atoms with Gasteiger partial charge in [-0.15, -0.1) is 0 Å². The van der Waals surface area contributed by atoms with Crippen LogP contribution in [-0.2, 0) is 16.1 Å². The maximum atomic E-state index is 11.7. The van der Waals surface area contributed by atoms with Gasteiger partial charge in [-0.05, 0) is 19.1 Å². The van der Waals surface area contributed by atoms with Gasteiger partial charge in [0.25, 0.3) is 0 Å². The molecule has 0 aliphatic carbocycles. The molecule has 0 aliphatic rings. The number of esters is 1. The highest BCUT2D eigenvalue weighted by Gasteiger charge is 2.17. The molecule has 1 unspecified atom stereocenters. The number of carbonyl (C=O) groups is 2. The lowest BCUT2D eigenvalue weighted by atomic mass is 10.2. The summed E-state index contributed by atoms with van der Waals surface area (Å²) in [6, 6.07) is 2.97. The first-order valence-corrected chi connectivity index (χ1v) is 5.94. The van der Waals surface area contributed by atoms with Crippen LogP contribution < -0.4 is 5.32 Å². The fourth-order valence-electron chi connectivity index (χ4n) is 1.60. The fraction of sp³-hybridized carbons (Fsp3) is 0.462. The van der Waals surface area contributed by atoms with Crippen LogP contribution in [0, 0.1) is 0 Å². The minimum absolute atomic E-state index is 0.0319. The van der Waals surface area contributed by atoms with Crippen LogP contribution in [0.4, 0.5) is 0 Å². The Balaban J connectivity index is 2.73. The molecule has 1 aromatic heterocycles. The lowest BCUT2D eigenvalue weighted by Gasteiger charge is -2.18. The molecule has 1 aromatic rings.